The molecule has 4 rings (SSSR count). The van der Waals surface area contributed by atoms with Crippen molar-refractivity contribution < 1.29 is 142 Å². The van der Waals surface area contributed by atoms with E-state index in [1.807, 2.05) is 0 Å². The molecule has 0 aromatic heterocycles. The summed E-state index contributed by atoms with van der Waals surface area (Å²) in [6.07, 6.45) is 9.48. The van der Waals surface area contributed by atoms with Gasteiger partial charge in [0.1, 0.15) is 25.9 Å². The predicted molar refractivity (Wildman–Crippen MR) is 148 cm³/mol. The van der Waals surface area contributed by atoms with Crippen LogP contribution < -0.4 is 98.3 Å². The van der Waals surface area contributed by atoms with E-state index in [0.29, 0.717) is 11.3 Å². The number of fused-ring (bicyclic) bond motifs is 1. The maximum atomic E-state index is 12.1. The van der Waals surface area contributed by atoms with Crippen LogP contribution in [0, 0.1) is 0 Å². The third kappa shape index (κ3) is 11.8. The Morgan fingerprint density at radius 2 is 1.35 bits per heavy atom. The minimum absolute atomic E-state index is 0. The second kappa shape index (κ2) is 18.0. The van der Waals surface area contributed by atoms with Crippen LogP contribution in [-0.4, -0.2) is 62.9 Å². The Labute approximate surface area is 332 Å². The van der Waals surface area contributed by atoms with Gasteiger partial charge in [0.25, 0.3) is 0 Å². The van der Waals surface area contributed by atoms with Crippen LogP contribution >= 0.6 is 0 Å². The summed E-state index contributed by atoms with van der Waals surface area (Å²) in [6.45, 7) is 0.222. The van der Waals surface area contributed by atoms with Gasteiger partial charge in [0.05, 0.1) is 31.2 Å². The van der Waals surface area contributed by atoms with Crippen molar-refractivity contribution in [2.45, 2.75) is 22.6 Å². The molecular formula is C26H21N2Na3O12S3. The number of rotatable bonds is 11. The molecule has 0 saturated carbocycles. The van der Waals surface area contributed by atoms with Crippen LogP contribution in [0.5, 0.6) is 5.75 Å². The van der Waals surface area contributed by atoms with Gasteiger partial charge in [0, 0.05) is 23.9 Å². The third-order valence-electron chi connectivity index (χ3n) is 5.96. The first-order valence-corrected chi connectivity index (χ1v) is 16.6. The van der Waals surface area contributed by atoms with E-state index in [1.165, 1.54) is 36.4 Å². The monoisotopic (exact) mass is 718 g/mol. The van der Waals surface area contributed by atoms with E-state index in [4.69, 9.17) is 9.57 Å². The molecule has 0 radical (unpaired) electrons. The Hall–Kier alpha value is -1.13. The molecule has 2 aliphatic rings. The number of oxime groups is 1. The Bertz CT molecular complexity index is 1920. The molecule has 46 heavy (non-hydrogen) atoms. The standard InChI is InChI=1S/C26H24N2O12S3.3Na/c29-26-21(25(27-40-26)18-9-11-19(12-10-18)42(33,34)35)7-3-1-2-4-8-24-28(15-5-6-16-41(30,31)32)22-14-13-20(43(36,37)38)17-23(22)39-24;;;/h1-4,7-14,17H,5-6,15-16H2,(H,30,31,32)(H,33,34,35)(H,36,37,38);;;/q;3*+1/p-3/b3-1+,4-2+,21-7-,24-8-;;;. The van der Waals surface area contributed by atoms with Crippen LogP contribution in [0.25, 0.3) is 0 Å². The van der Waals surface area contributed by atoms with E-state index in [0.717, 1.165) is 24.3 Å². The molecule has 228 valence electrons. The molecule has 0 atom stereocenters. The van der Waals surface area contributed by atoms with Crippen molar-refractivity contribution in [1.82, 2.24) is 0 Å². The summed E-state index contributed by atoms with van der Waals surface area (Å²) >= 11 is 0. The molecule has 0 saturated heterocycles. The quantitative estimate of drug-likeness (QED) is 0.0527. The number of anilines is 1. The van der Waals surface area contributed by atoms with Crippen molar-refractivity contribution in [3.8, 4) is 5.75 Å². The fourth-order valence-corrected chi connectivity index (χ4v) is 5.49. The number of benzene rings is 2. The molecule has 0 fully saturated rings. The minimum Gasteiger partial charge on any atom is -0.748 e. The molecule has 20 heteroatoms. The average Bonchev–Trinajstić information content (AvgIpc) is 3.46. The van der Waals surface area contributed by atoms with Crippen molar-refractivity contribution in [3.05, 3.63) is 95.9 Å². The maximum Gasteiger partial charge on any atom is 1.00 e. The number of carbonyl (C=O) groups is 1. The van der Waals surface area contributed by atoms with E-state index in [-0.39, 0.29) is 131 Å². The Morgan fingerprint density at radius 1 is 0.761 bits per heavy atom. The summed E-state index contributed by atoms with van der Waals surface area (Å²) in [5, 5.41) is 3.70. The molecule has 0 bridgehead atoms. The van der Waals surface area contributed by atoms with Gasteiger partial charge in [-0.15, -0.1) is 0 Å². The van der Waals surface area contributed by atoms with E-state index in [1.54, 1.807) is 23.1 Å². The van der Waals surface area contributed by atoms with Gasteiger partial charge in [-0.25, -0.2) is 30.0 Å². The zero-order valence-electron chi connectivity index (χ0n) is 24.9. The number of carbonyl (C=O) groups excluding carboxylic acids is 1. The van der Waals surface area contributed by atoms with Crippen LogP contribution in [0.3, 0.4) is 0 Å². The molecule has 2 aliphatic heterocycles. The average molecular weight is 719 g/mol. The number of hydrogen-bond acceptors (Lipinski definition) is 14. The van der Waals surface area contributed by atoms with Crippen molar-refractivity contribution in [2.75, 3.05) is 17.2 Å². The van der Waals surface area contributed by atoms with Gasteiger partial charge in [0.15, 0.2) is 5.75 Å². The molecule has 0 spiro atoms. The van der Waals surface area contributed by atoms with Crippen molar-refractivity contribution in [2.24, 2.45) is 5.16 Å². The van der Waals surface area contributed by atoms with Crippen LogP contribution in [-0.2, 0) is 40.0 Å². The van der Waals surface area contributed by atoms with Gasteiger partial charge in [-0.1, -0.05) is 41.6 Å². The number of allylic oxidation sites excluding steroid dienone is 6. The fourth-order valence-electron chi connectivity index (χ4n) is 3.98. The summed E-state index contributed by atoms with van der Waals surface area (Å²) < 4.78 is 106. The van der Waals surface area contributed by atoms with Gasteiger partial charge in [-0.05, 0) is 49.3 Å². The van der Waals surface area contributed by atoms with Gasteiger partial charge in [0.2, 0.25) is 5.88 Å². The largest absolute Gasteiger partial charge is 1.00 e. The van der Waals surface area contributed by atoms with E-state index >= 15 is 0 Å². The fraction of sp³-hybridized carbons (Fsp3) is 0.154. The Morgan fingerprint density at radius 3 is 1.93 bits per heavy atom. The molecular weight excluding hydrogens is 697 g/mol. The first-order chi connectivity index (χ1) is 20.1. The predicted octanol–water partition coefficient (Wildman–Crippen LogP) is -7.13. The summed E-state index contributed by atoms with van der Waals surface area (Å²) in [4.78, 5) is 17.5. The molecule has 14 nitrogen and oxygen atoms in total. The van der Waals surface area contributed by atoms with E-state index in [2.05, 4.69) is 5.16 Å². The Balaban J connectivity index is 0.00000353. The van der Waals surface area contributed by atoms with Gasteiger partial charge >= 0.3 is 94.6 Å². The molecule has 0 N–H and O–H groups in total. The second-order valence-corrected chi connectivity index (χ2v) is 13.2. The Kier molecular flexibility index (Phi) is 16.8. The van der Waals surface area contributed by atoms with Gasteiger partial charge < -0.3 is 28.1 Å². The molecule has 2 heterocycles. The first-order valence-electron chi connectivity index (χ1n) is 12.2. The zero-order valence-corrected chi connectivity index (χ0v) is 33.3. The third-order valence-corrected chi connectivity index (χ3v) is 8.43. The number of unbranched alkanes of at least 4 members (excludes halogenated alkanes) is 1. The van der Waals surface area contributed by atoms with Crippen molar-refractivity contribution in [1.29, 1.82) is 0 Å². The normalized spacial score (nSPS) is 16.5. The SMILES string of the molecule is O=C1ON=C(c2ccc(S(=O)(=O)[O-])cc2)/C1=C/C=C/C=C/C=C1\Oc2cc(S(=O)(=O)[O-])ccc2N1CCCCS(=O)(=O)[O-].[Na+].[Na+].[Na+]. The molecule has 2 aromatic carbocycles. The van der Waals surface area contributed by atoms with Crippen LogP contribution in [0.1, 0.15) is 18.4 Å². The number of hydrogen-bond donors (Lipinski definition) is 0. The van der Waals surface area contributed by atoms with E-state index in [9.17, 15) is 43.7 Å². The molecule has 0 unspecified atom stereocenters. The van der Waals surface area contributed by atoms with Crippen LogP contribution in [0.4, 0.5) is 5.69 Å². The summed E-state index contributed by atoms with van der Waals surface area (Å²) in [5.74, 6) is -0.959. The summed E-state index contributed by atoms with van der Waals surface area (Å²) in [6, 6.07) is 8.40. The number of nitrogens with zero attached hydrogens (tertiary/aromatic N) is 2. The topological polar surface area (TPSA) is 223 Å². The summed E-state index contributed by atoms with van der Waals surface area (Å²) in [7, 11) is -13.8. The maximum absolute atomic E-state index is 12.1. The zero-order chi connectivity index (χ0) is 31.4. The van der Waals surface area contributed by atoms with Crippen molar-refractivity contribution >= 4 is 47.7 Å². The van der Waals surface area contributed by atoms with Crippen LogP contribution in [0.2, 0.25) is 0 Å². The smallest absolute Gasteiger partial charge is 0.748 e. The van der Waals surface area contributed by atoms with Gasteiger partial charge in [-0.2, -0.15) is 0 Å². The van der Waals surface area contributed by atoms with E-state index < -0.39 is 51.9 Å². The molecule has 0 amide bonds. The second-order valence-electron chi connectivity index (χ2n) is 8.96. The van der Waals surface area contributed by atoms with Crippen LogP contribution in [0.15, 0.2) is 105 Å². The minimum atomic E-state index is -4.74. The van der Waals surface area contributed by atoms with Gasteiger partial charge in [-0.3, -0.25) is 0 Å². The molecule has 2 aromatic rings. The first kappa shape index (κ1) is 42.9. The summed E-state index contributed by atoms with van der Waals surface area (Å²) in [5.41, 5.74) is 0.986. The van der Waals surface area contributed by atoms with Crippen molar-refractivity contribution in [3.63, 3.8) is 0 Å². The molecule has 0 aliphatic carbocycles. The number of ether oxygens (including phenoxy) is 1.